The number of anilines is 5. The second-order valence-electron chi connectivity index (χ2n) is 9.65. The summed E-state index contributed by atoms with van der Waals surface area (Å²) in [6, 6.07) is 17.3. The van der Waals surface area contributed by atoms with E-state index in [2.05, 4.69) is 36.4 Å². The Morgan fingerprint density at radius 3 is 2.38 bits per heavy atom. The van der Waals surface area contributed by atoms with Crippen LogP contribution in [0.15, 0.2) is 72.6 Å². The number of nitrogens with one attached hydrogen (secondary N) is 3. The van der Waals surface area contributed by atoms with Crippen molar-refractivity contribution in [3.8, 4) is 0 Å². The lowest BCUT2D eigenvalue weighted by Gasteiger charge is -2.24. The lowest BCUT2D eigenvalue weighted by molar-refractivity contribution is -0.111. The number of hydrogen-bond donors (Lipinski definition) is 3. The molecule has 10 heteroatoms. The lowest BCUT2D eigenvalue weighted by Crippen LogP contribution is -2.38. The van der Waals surface area contributed by atoms with Gasteiger partial charge in [-0.1, -0.05) is 32.6 Å². The molecule has 3 heterocycles. The van der Waals surface area contributed by atoms with Crippen molar-refractivity contribution in [2.45, 2.75) is 32.9 Å². The maximum absolute atomic E-state index is 12.6. The fourth-order valence-electron chi connectivity index (χ4n) is 4.38. The quantitative estimate of drug-likeness (QED) is 0.202. The van der Waals surface area contributed by atoms with E-state index < -0.39 is 0 Å². The van der Waals surface area contributed by atoms with Crippen LogP contribution in [0.3, 0.4) is 0 Å². The highest BCUT2D eigenvalue weighted by molar-refractivity contribution is 7.17. The van der Waals surface area contributed by atoms with Crippen LogP contribution in [-0.2, 0) is 9.53 Å². The van der Waals surface area contributed by atoms with E-state index in [-0.39, 0.29) is 30.0 Å². The maximum Gasteiger partial charge on any atom is 0.415 e. The number of carbonyl (C=O) groups excluding carboxylic acids is 2. The zero-order chi connectivity index (χ0) is 27.5. The van der Waals surface area contributed by atoms with E-state index in [0.717, 1.165) is 27.2 Å². The number of cyclic esters (lactones) is 1. The SMILES string of the molecule is C=CC(=O)Nc1ccc(Nc2ccc(C(C)Nc3nc(N4C(=O)OC[C@@H]4C(C)C)c4sccc4n3)cc2)cc1. The Kier molecular flexibility index (Phi) is 7.47. The third-order valence-corrected chi connectivity index (χ3v) is 7.47. The molecular formula is C29H30N6O3S. The Bertz CT molecular complexity index is 1500. The van der Waals surface area contributed by atoms with Crippen molar-refractivity contribution < 1.29 is 14.3 Å². The van der Waals surface area contributed by atoms with Gasteiger partial charge >= 0.3 is 6.09 Å². The number of carbonyl (C=O) groups is 2. The van der Waals surface area contributed by atoms with Gasteiger partial charge in [-0.25, -0.2) is 9.78 Å². The Morgan fingerprint density at radius 2 is 1.72 bits per heavy atom. The van der Waals surface area contributed by atoms with Gasteiger partial charge in [-0.2, -0.15) is 4.98 Å². The second kappa shape index (κ2) is 11.1. The zero-order valence-corrected chi connectivity index (χ0v) is 22.8. The summed E-state index contributed by atoms with van der Waals surface area (Å²) in [6.45, 7) is 10.0. The molecule has 39 heavy (non-hydrogen) atoms. The van der Waals surface area contributed by atoms with Crippen molar-refractivity contribution in [1.82, 2.24) is 9.97 Å². The lowest BCUT2D eigenvalue weighted by atomic mass is 10.0. The molecule has 1 aliphatic heterocycles. The van der Waals surface area contributed by atoms with Crippen LogP contribution in [0, 0.1) is 5.92 Å². The van der Waals surface area contributed by atoms with Crippen LogP contribution in [0.25, 0.3) is 10.2 Å². The van der Waals surface area contributed by atoms with Crippen LogP contribution in [0.2, 0.25) is 0 Å². The van der Waals surface area contributed by atoms with E-state index in [1.807, 2.05) is 66.9 Å². The molecule has 0 aliphatic carbocycles. The number of benzene rings is 2. The highest BCUT2D eigenvalue weighted by Gasteiger charge is 2.38. The molecule has 5 rings (SSSR count). The number of nitrogens with zero attached hydrogens (tertiary/aromatic N) is 3. The zero-order valence-electron chi connectivity index (χ0n) is 22.0. The third kappa shape index (κ3) is 5.70. The summed E-state index contributed by atoms with van der Waals surface area (Å²) in [7, 11) is 0. The smallest absolute Gasteiger partial charge is 0.415 e. The monoisotopic (exact) mass is 542 g/mol. The molecule has 3 N–H and O–H groups in total. The van der Waals surface area contributed by atoms with Crippen molar-refractivity contribution in [3.63, 3.8) is 0 Å². The predicted octanol–water partition coefficient (Wildman–Crippen LogP) is 6.71. The molecule has 200 valence electrons. The van der Waals surface area contributed by atoms with Gasteiger partial charge in [0.15, 0.2) is 5.82 Å². The Morgan fingerprint density at radius 1 is 1.05 bits per heavy atom. The fraction of sp³-hybridized carbons (Fsp3) is 0.241. The van der Waals surface area contributed by atoms with Gasteiger partial charge < -0.3 is 20.7 Å². The highest BCUT2D eigenvalue weighted by Crippen LogP contribution is 2.35. The summed E-state index contributed by atoms with van der Waals surface area (Å²) in [6.07, 6.45) is 0.862. The van der Waals surface area contributed by atoms with Gasteiger partial charge in [-0.15, -0.1) is 11.3 Å². The Labute approximate surface area is 230 Å². The summed E-state index contributed by atoms with van der Waals surface area (Å²) in [5.41, 5.74) is 4.37. The number of rotatable bonds is 9. The van der Waals surface area contributed by atoms with E-state index >= 15 is 0 Å². The minimum atomic E-state index is -0.375. The van der Waals surface area contributed by atoms with Crippen molar-refractivity contribution in [1.29, 1.82) is 0 Å². The first-order chi connectivity index (χ1) is 18.8. The predicted molar refractivity (Wildman–Crippen MR) is 157 cm³/mol. The number of thiophene rings is 1. The summed E-state index contributed by atoms with van der Waals surface area (Å²) in [4.78, 5) is 35.2. The fourth-order valence-corrected chi connectivity index (χ4v) is 5.19. The van der Waals surface area contributed by atoms with Gasteiger partial charge in [0.1, 0.15) is 6.61 Å². The molecule has 0 saturated carbocycles. The minimum absolute atomic E-state index is 0.0786. The van der Waals surface area contributed by atoms with Crippen LogP contribution in [0.4, 0.5) is 33.6 Å². The third-order valence-electron chi connectivity index (χ3n) is 6.57. The Balaban J connectivity index is 1.30. The van der Waals surface area contributed by atoms with Gasteiger partial charge in [0.2, 0.25) is 11.9 Å². The molecule has 1 unspecified atom stereocenters. The molecule has 1 aliphatic rings. The van der Waals surface area contributed by atoms with Crippen molar-refractivity contribution >= 4 is 62.4 Å². The van der Waals surface area contributed by atoms with E-state index in [0.29, 0.717) is 24.1 Å². The number of fused-ring (bicyclic) bond motifs is 1. The van der Waals surface area contributed by atoms with E-state index in [9.17, 15) is 9.59 Å². The number of aromatic nitrogens is 2. The molecule has 2 amide bonds. The Hall–Kier alpha value is -4.44. The molecule has 0 spiro atoms. The largest absolute Gasteiger partial charge is 0.447 e. The van der Waals surface area contributed by atoms with E-state index in [1.54, 1.807) is 4.90 Å². The van der Waals surface area contributed by atoms with Gasteiger partial charge in [0.25, 0.3) is 0 Å². The van der Waals surface area contributed by atoms with Crippen LogP contribution in [-0.4, -0.2) is 34.6 Å². The number of amides is 2. The molecule has 2 aromatic carbocycles. The second-order valence-corrected chi connectivity index (χ2v) is 10.6. The molecule has 0 bridgehead atoms. The minimum Gasteiger partial charge on any atom is -0.447 e. The first-order valence-electron chi connectivity index (χ1n) is 12.7. The molecule has 1 saturated heterocycles. The average Bonchev–Trinajstić information content (AvgIpc) is 3.56. The molecular weight excluding hydrogens is 512 g/mol. The maximum atomic E-state index is 12.6. The first-order valence-corrected chi connectivity index (χ1v) is 13.6. The van der Waals surface area contributed by atoms with Crippen LogP contribution < -0.4 is 20.9 Å². The molecule has 1 fully saturated rings. The molecule has 2 atom stereocenters. The summed E-state index contributed by atoms with van der Waals surface area (Å²) < 4.78 is 6.24. The van der Waals surface area contributed by atoms with Crippen LogP contribution in [0.1, 0.15) is 32.4 Å². The van der Waals surface area contributed by atoms with Crippen molar-refractivity contribution in [2.75, 3.05) is 27.5 Å². The van der Waals surface area contributed by atoms with E-state index in [4.69, 9.17) is 14.7 Å². The first kappa shape index (κ1) is 26.2. The average molecular weight is 543 g/mol. The number of hydrogen-bond acceptors (Lipinski definition) is 8. The van der Waals surface area contributed by atoms with Gasteiger partial charge in [-0.05, 0) is 72.3 Å². The van der Waals surface area contributed by atoms with Gasteiger partial charge in [-0.3, -0.25) is 9.69 Å². The molecule has 4 aromatic rings. The van der Waals surface area contributed by atoms with E-state index in [1.165, 1.54) is 17.4 Å². The van der Waals surface area contributed by atoms with Crippen molar-refractivity contribution in [2.24, 2.45) is 5.92 Å². The van der Waals surface area contributed by atoms with Gasteiger partial charge in [0, 0.05) is 17.1 Å². The van der Waals surface area contributed by atoms with Crippen molar-refractivity contribution in [3.05, 3.63) is 78.2 Å². The topological polar surface area (TPSA) is 108 Å². The molecule has 0 radical (unpaired) electrons. The summed E-state index contributed by atoms with van der Waals surface area (Å²) in [5, 5.41) is 11.5. The summed E-state index contributed by atoms with van der Waals surface area (Å²) in [5.74, 6) is 1.01. The van der Waals surface area contributed by atoms with Crippen LogP contribution >= 0.6 is 11.3 Å². The summed E-state index contributed by atoms with van der Waals surface area (Å²) >= 11 is 1.52. The molecule has 9 nitrogen and oxygen atoms in total. The van der Waals surface area contributed by atoms with Crippen LogP contribution in [0.5, 0.6) is 0 Å². The standard InChI is InChI=1S/C29H30N6O3S/c1-5-25(36)32-22-12-10-21(11-13-22)31-20-8-6-19(7-9-20)18(4)30-28-33-23-14-15-39-26(23)27(34-28)35-24(17(2)3)16-38-29(35)37/h5-15,17-18,24,31H,1,16H2,2-4H3,(H,32,36)(H,30,33,34)/t18?,24-/m1/s1. The highest BCUT2D eigenvalue weighted by atomic mass is 32.1. The van der Waals surface area contributed by atoms with Gasteiger partial charge in [0.05, 0.1) is 22.3 Å². The number of ether oxygens (including phenoxy) is 1. The normalized spacial score (nSPS) is 15.7. The molecule has 2 aromatic heterocycles.